The molecule has 2 amide bonds. The van der Waals surface area contributed by atoms with E-state index in [1.807, 2.05) is 20.8 Å². The van der Waals surface area contributed by atoms with Gasteiger partial charge in [0.25, 0.3) is 5.91 Å². The SMILES string of the molecule is Cn1c(CC(=O)NC(C)(C)C)cc(C(=O)Nc2ccc(F)c(C#N)c2)c1Br. The normalized spacial score (nSPS) is 11.0. The van der Waals surface area contributed by atoms with Crippen molar-refractivity contribution in [1.29, 1.82) is 5.26 Å². The summed E-state index contributed by atoms with van der Waals surface area (Å²) in [4.78, 5) is 24.7. The lowest BCUT2D eigenvalue weighted by Crippen LogP contribution is -2.41. The molecule has 1 aromatic heterocycles. The average Bonchev–Trinajstić information content (AvgIpc) is 2.83. The Morgan fingerprint density at radius 2 is 1.96 bits per heavy atom. The van der Waals surface area contributed by atoms with Crippen molar-refractivity contribution in [3.8, 4) is 6.07 Å². The molecule has 1 aromatic carbocycles. The molecule has 0 unspecified atom stereocenters. The Morgan fingerprint density at radius 1 is 1.30 bits per heavy atom. The molecular weight excluding hydrogens is 415 g/mol. The standard InChI is InChI=1S/C19H20BrFN4O2/c1-19(2,3)24-16(26)9-13-8-14(17(20)25(13)4)18(27)23-12-5-6-15(21)11(7-12)10-22/h5-8H,9H2,1-4H3,(H,23,27)(H,24,26). The minimum Gasteiger partial charge on any atom is -0.351 e. The van der Waals surface area contributed by atoms with E-state index < -0.39 is 11.7 Å². The number of amides is 2. The molecule has 0 atom stereocenters. The highest BCUT2D eigenvalue weighted by atomic mass is 79.9. The van der Waals surface area contributed by atoms with Gasteiger partial charge in [-0.2, -0.15) is 5.26 Å². The highest BCUT2D eigenvalue weighted by Gasteiger charge is 2.21. The third-order valence-electron chi connectivity index (χ3n) is 3.70. The van der Waals surface area contributed by atoms with Crippen LogP contribution >= 0.6 is 15.9 Å². The molecule has 0 spiro atoms. The van der Waals surface area contributed by atoms with Crippen molar-refractivity contribution in [2.24, 2.45) is 7.05 Å². The van der Waals surface area contributed by atoms with Crippen LogP contribution in [0.2, 0.25) is 0 Å². The molecule has 1 heterocycles. The fourth-order valence-electron chi connectivity index (χ4n) is 2.47. The number of benzene rings is 1. The third-order valence-corrected chi connectivity index (χ3v) is 4.66. The van der Waals surface area contributed by atoms with Crippen molar-refractivity contribution in [2.75, 3.05) is 5.32 Å². The number of rotatable bonds is 4. The maximum Gasteiger partial charge on any atom is 0.258 e. The van der Waals surface area contributed by atoms with Gasteiger partial charge in [0.15, 0.2) is 0 Å². The van der Waals surface area contributed by atoms with Crippen LogP contribution in [0.1, 0.15) is 42.4 Å². The molecule has 6 nitrogen and oxygen atoms in total. The van der Waals surface area contributed by atoms with E-state index in [1.165, 1.54) is 12.1 Å². The second kappa shape index (κ2) is 7.92. The topological polar surface area (TPSA) is 86.9 Å². The molecule has 0 aliphatic rings. The van der Waals surface area contributed by atoms with Crippen LogP contribution in [0.5, 0.6) is 0 Å². The molecule has 2 rings (SSSR count). The highest BCUT2D eigenvalue weighted by Crippen LogP contribution is 2.23. The quantitative estimate of drug-likeness (QED) is 0.771. The second-order valence-electron chi connectivity index (χ2n) is 7.13. The molecule has 0 radical (unpaired) electrons. The van der Waals surface area contributed by atoms with Crippen LogP contribution in [0.3, 0.4) is 0 Å². The van der Waals surface area contributed by atoms with E-state index in [9.17, 15) is 14.0 Å². The fraction of sp³-hybridized carbons (Fsp3) is 0.316. The van der Waals surface area contributed by atoms with E-state index >= 15 is 0 Å². The maximum absolute atomic E-state index is 13.4. The maximum atomic E-state index is 13.4. The van der Waals surface area contributed by atoms with Crippen LogP contribution in [-0.2, 0) is 18.3 Å². The number of nitriles is 1. The van der Waals surface area contributed by atoms with Crippen LogP contribution in [-0.4, -0.2) is 21.9 Å². The largest absolute Gasteiger partial charge is 0.351 e. The molecule has 0 aliphatic carbocycles. The zero-order valence-corrected chi connectivity index (χ0v) is 17.1. The van der Waals surface area contributed by atoms with Crippen LogP contribution in [0.15, 0.2) is 28.9 Å². The van der Waals surface area contributed by atoms with Gasteiger partial charge >= 0.3 is 0 Å². The summed E-state index contributed by atoms with van der Waals surface area (Å²) in [5.41, 5.74) is 0.797. The van der Waals surface area contributed by atoms with Crippen molar-refractivity contribution in [1.82, 2.24) is 9.88 Å². The van der Waals surface area contributed by atoms with E-state index in [1.54, 1.807) is 23.8 Å². The fourth-order valence-corrected chi connectivity index (χ4v) is 2.99. The number of hydrogen-bond acceptors (Lipinski definition) is 3. The molecule has 2 N–H and O–H groups in total. The first-order valence-electron chi connectivity index (χ1n) is 8.18. The van der Waals surface area contributed by atoms with Gasteiger partial charge < -0.3 is 15.2 Å². The molecule has 142 valence electrons. The molecule has 0 saturated carbocycles. The van der Waals surface area contributed by atoms with Gasteiger partial charge in [0.2, 0.25) is 5.91 Å². The van der Waals surface area contributed by atoms with Crippen molar-refractivity contribution >= 4 is 33.4 Å². The summed E-state index contributed by atoms with van der Waals surface area (Å²) in [5, 5.41) is 14.4. The zero-order chi connectivity index (χ0) is 20.4. The number of halogens is 2. The Balaban J connectivity index is 2.20. The summed E-state index contributed by atoms with van der Waals surface area (Å²) in [5.74, 6) is -1.24. The van der Waals surface area contributed by atoms with Gasteiger partial charge in [-0.05, 0) is 61.0 Å². The summed E-state index contributed by atoms with van der Waals surface area (Å²) in [6.45, 7) is 5.68. The monoisotopic (exact) mass is 434 g/mol. The lowest BCUT2D eigenvalue weighted by atomic mass is 10.1. The first kappa shape index (κ1) is 20.6. The van der Waals surface area contributed by atoms with E-state index in [0.717, 1.165) is 6.07 Å². The third kappa shape index (κ3) is 5.17. The van der Waals surface area contributed by atoms with Gasteiger partial charge in [-0.1, -0.05) is 0 Å². The first-order valence-corrected chi connectivity index (χ1v) is 8.97. The van der Waals surface area contributed by atoms with Crippen LogP contribution < -0.4 is 10.6 Å². The van der Waals surface area contributed by atoms with Gasteiger partial charge in [0, 0.05) is 24.0 Å². The lowest BCUT2D eigenvalue weighted by Gasteiger charge is -2.20. The number of carbonyl (C=O) groups excluding carboxylic acids is 2. The Morgan fingerprint density at radius 3 is 2.56 bits per heavy atom. The first-order chi connectivity index (χ1) is 12.5. The minimum atomic E-state index is -0.650. The van der Waals surface area contributed by atoms with Crippen molar-refractivity contribution in [2.45, 2.75) is 32.7 Å². The Bertz CT molecular complexity index is 938. The number of nitrogens with zero attached hydrogens (tertiary/aromatic N) is 2. The number of nitrogens with one attached hydrogen (secondary N) is 2. The van der Waals surface area contributed by atoms with Gasteiger partial charge in [-0.3, -0.25) is 9.59 Å². The molecule has 0 bridgehead atoms. The lowest BCUT2D eigenvalue weighted by molar-refractivity contribution is -0.121. The smallest absolute Gasteiger partial charge is 0.258 e. The second-order valence-corrected chi connectivity index (χ2v) is 7.89. The molecule has 27 heavy (non-hydrogen) atoms. The predicted octanol–water partition coefficient (Wildman–Crippen LogP) is 3.51. The Kier molecular flexibility index (Phi) is 6.06. The van der Waals surface area contributed by atoms with E-state index in [4.69, 9.17) is 5.26 Å². The predicted molar refractivity (Wildman–Crippen MR) is 104 cm³/mol. The zero-order valence-electron chi connectivity index (χ0n) is 15.5. The molecule has 2 aromatic rings. The molecule has 8 heteroatoms. The number of aromatic nitrogens is 1. The highest BCUT2D eigenvalue weighted by molar-refractivity contribution is 9.10. The van der Waals surface area contributed by atoms with Gasteiger partial charge in [-0.25, -0.2) is 4.39 Å². The van der Waals surface area contributed by atoms with E-state index in [2.05, 4.69) is 26.6 Å². The summed E-state index contributed by atoms with van der Waals surface area (Å²) >= 11 is 3.36. The van der Waals surface area contributed by atoms with Gasteiger partial charge in [0.1, 0.15) is 11.9 Å². The summed E-state index contributed by atoms with van der Waals surface area (Å²) in [7, 11) is 1.74. The molecule has 0 fully saturated rings. The Labute approximate surface area is 165 Å². The van der Waals surface area contributed by atoms with Crippen LogP contribution in [0, 0.1) is 17.1 Å². The summed E-state index contributed by atoms with van der Waals surface area (Å²) < 4.78 is 15.6. The average molecular weight is 435 g/mol. The molecule has 0 saturated heterocycles. The van der Waals surface area contributed by atoms with Crippen molar-refractivity contribution in [3.63, 3.8) is 0 Å². The number of carbonyl (C=O) groups is 2. The van der Waals surface area contributed by atoms with Gasteiger partial charge in [0.05, 0.1) is 22.2 Å². The number of hydrogen-bond donors (Lipinski definition) is 2. The number of anilines is 1. The summed E-state index contributed by atoms with van der Waals surface area (Å²) in [6, 6.07) is 7.12. The Hall–Kier alpha value is -2.66. The van der Waals surface area contributed by atoms with Crippen molar-refractivity contribution in [3.05, 3.63) is 51.5 Å². The van der Waals surface area contributed by atoms with Gasteiger partial charge in [-0.15, -0.1) is 0 Å². The summed E-state index contributed by atoms with van der Waals surface area (Å²) in [6.07, 6.45) is 0.120. The van der Waals surface area contributed by atoms with Crippen LogP contribution in [0.4, 0.5) is 10.1 Å². The van der Waals surface area contributed by atoms with E-state index in [0.29, 0.717) is 21.5 Å². The molecular formula is C19H20BrFN4O2. The van der Waals surface area contributed by atoms with E-state index in [-0.39, 0.29) is 23.4 Å². The van der Waals surface area contributed by atoms with Crippen LogP contribution in [0.25, 0.3) is 0 Å². The molecule has 0 aliphatic heterocycles. The van der Waals surface area contributed by atoms with Crippen molar-refractivity contribution < 1.29 is 14.0 Å². The minimum absolute atomic E-state index is 0.120.